The second-order valence-electron chi connectivity index (χ2n) is 3.36. The van der Waals surface area contributed by atoms with Crippen molar-refractivity contribution in [3.8, 4) is 0 Å². The molecule has 0 aromatic carbocycles. The van der Waals surface area contributed by atoms with E-state index < -0.39 is 4.92 Å². The van der Waals surface area contributed by atoms with Crippen molar-refractivity contribution in [3.63, 3.8) is 0 Å². The van der Waals surface area contributed by atoms with Crippen LogP contribution in [0.25, 0.3) is 0 Å². The lowest BCUT2D eigenvalue weighted by Gasteiger charge is -2.13. The van der Waals surface area contributed by atoms with E-state index in [1.165, 1.54) is 12.1 Å². The van der Waals surface area contributed by atoms with Crippen LogP contribution in [0.4, 0.5) is 17.3 Å². The molecule has 1 unspecified atom stereocenters. The molecule has 3 N–H and O–H groups in total. The van der Waals surface area contributed by atoms with Gasteiger partial charge in [-0.25, -0.2) is 4.98 Å². The topological polar surface area (TPSA) is 94.1 Å². The number of nitrogens with two attached hydrogens (primary N) is 1. The lowest BCUT2D eigenvalue weighted by Crippen LogP contribution is -2.19. The zero-order chi connectivity index (χ0) is 12.1. The van der Waals surface area contributed by atoms with E-state index in [4.69, 9.17) is 5.73 Å². The summed E-state index contributed by atoms with van der Waals surface area (Å²) in [5.41, 5.74) is 5.44. The number of nitrogen functional groups attached to an aromatic ring is 1. The number of nitro groups is 1. The minimum atomic E-state index is -0.472. The van der Waals surface area contributed by atoms with Crippen LogP contribution in [0.15, 0.2) is 12.1 Å². The van der Waals surface area contributed by atoms with Crippen LogP contribution in [0, 0.1) is 10.1 Å². The summed E-state index contributed by atoms with van der Waals surface area (Å²) in [4.78, 5) is 14.2. The molecule has 6 nitrogen and oxygen atoms in total. The highest BCUT2D eigenvalue weighted by Gasteiger charge is 2.16. The second-order valence-corrected chi connectivity index (χ2v) is 4.27. The number of aromatic nitrogens is 1. The lowest BCUT2D eigenvalue weighted by molar-refractivity contribution is -0.384. The van der Waals surface area contributed by atoms with Crippen LogP contribution < -0.4 is 11.1 Å². The van der Waals surface area contributed by atoms with E-state index in [-0.39, 0.29) is 23.4 Å². The van der Waals surface area contributed by atoms with Gasteiger partial charge >= 0.3 is 5.69 Å². The number of hydrogen-bond donors (Lipinski definition) is 2. The average Bonchev–Trinajstić information content (AvgIpc) is 2.17. The molecule has 0 saturated heterocycles. The first kappa shape index (κ1) is 12.6. The van der Waals surface area contributed by atoms with Gasteiger partial charge in [0.1, 0.15) is 5.82 Å². The van der Waals surface area contributed by atoms with Crippen molar-refractivity contribution in [1.82, 2.24) is 4.98 Å². The fourth-order valence-corrected chi connectivity index (χ4v) is 1.83. The standard InChI is InChI=1S/C9H14N4O2S/c1-6(5-16-2)11-9-7(13(14)15)3-4-8(10)12-9/h3-4,6H,5H2,1-2H3,(H3,10,11,12). The minimum Gasteiger partial charge on any atom is -0.384 e. The van der Waals surface area contributed by atoms with Crippen molar-refractivity contribution in [2.45, 2.75) is 13.0 Å². The monoisotopic (exact) mass is 242 g/mol. The van der Waals surface area contributed by atoms with E-state index in [9.17, 15) is 10.1 Å². The van der Waals surface area contributed by atoms with Crippen molar-refractivity contribution >= 4 is 29.1 Å². The van der Waals surface area contributed by atoms with Gasteiger partial charge in [-0.2, -0.15) is 11.8 Å². The molecule has 0 aliphatic carbocycles. The molecule has 7 heteroatoms. The quantitative estimate of drug-likeness (QED) is 0.603. The first-order chi connectivity index (χ1) is 7.54. The Balaban J connectivity index is 2.92. The number of nitrogens with zero attached hydrogens (tertiary/aromatic N) is 2. The Morgan fingerprint density at radius 1 is 1.69 bits per heavy atom. The molecule has 0 radical (unpaired) electrons. The highest BCUT2D eigenvalue weighted by Crippen LogP contribution is 2.23. The maximum Gasteiger partial charge on any atom is 0.311 e. The smallest absolute Gasteiger partial charge is 0.311 e. The summed E-state index contributed by atoms with van der Waals surface area (Å²) in [6, 6.07) is 2.88. The van der Waals surface area contributed by atoms with Gasteiger partial charge in [-0.1, -0.05) is 0 Å². The van der Waals surface area contributed by atoms with Crippen LogP contribution in [0.3, 0.4) is 0 Å². The zero-order valence-corrected chi connectivity index (χ0v) is 9.95. The van der Waals surface area contributed by atoms with Crippen molar-refractivity contribution < 1.29 is 4.92 Å². The lowest BCUT2D eigenvalue weighted by atomic mass is 10.3. The summed E-state index contributed by atoms with van der Waals surface area (Å²) in [6.07, 6.45) is 1.97. The highest BCUT2D eigenvalue weighted by molar-refractivity contribution is 7.98. The fourth-order valence-electron chi connectivity index (χ4n) is 1.25. The van der Waals surface area contributed by atoms with Gasteiger partial charge in [-0.15, -0.1) is 0 Å². The maximum atomic E-state index is 10.8. The highest BCUT2D eigenvalue weighted by atomic mass is 32.2. The largest absolute Gasteiger partial charge is 0.384 e. The molecule has 1 aromatic heterocycles. The third kappa shape index (κ3) is 3.27. The van der Waals surface area contributed by atoms with Crippen molar-refractivity contribution in [2.75, 3.05) is 23.1 Å². The number of thioether (sulfide) groups is 1. The Kier molecular flexibility index (Phi) is 4.36. The Bertz CT molecular complexity index is 386. The average molecular weight is 242 g/mol. The Morgan fingerprint density at radius 2 is 2.38 bits per heavy atom. The predicted molar refractivity (Wildman–Crippen MR) is 66.8 cm³/mol. The van der Waals surface area contributed by atoms with Crippen molar-refractivity contribution in [1.29, 1.82) is 0 Å². The summed E-state index contributed by atoms with van der Waals surface area (Å²) >= 11 is 1.66. The van der Waals surface area contributed by atoms with E-state index in [0.717, 1.165) is 5.75 Å². The normalized spacial score (nSPS) is 12.1. The van der Waals surface area contributed by atoms with Crippen molar-refractivity contribution in [2.24, 2.45) is 0 Å². The van der Waals surface area contributed by atoms with Gasteiger partial charge in [0.2, 0.25) is 5.82 Å². The molecule has 0 fully saturated rings. The van der Waals surface area contributed by atoms with Crippen LogP contribution in [0.5, 0.6) is 0 Å². The summed E-state index contributed by atoms with van der Waals surface area (Å²) in [5, 5.41) is 13.7. The van der Waals surface area contributed by atoms with Crippen LogP contribution >= 0.6 is 11.8 Å². The molecular weight excluding hydrogens is 228 g/mol. The second kappa shape index (κ2) is 5.55. The fraction of sp³-hybridized carbons (Fsp3) is 0.444. The number of rotatable bonds is 5. The Morgan fingerprint density at radius 3 is 2.94 bits per heavy atom. The van der Waals surface area contributed by atoms with E-state index in [1.807, 2.05) is 13.2 Å². The van der Waals surface area contributed by atoms with Gasteiger partial charge in [0.05, 0.1) is 4.92 Å². The minimum absolute atomic E-state index is 0.0536. The predicted octanol–water partition coefficient (Wildman–Crippen LogP) is 1.74. The van der Waals surface area contributed by atoms with Crippen LogP contribution in [-0.2, 0) is 0 Å². The van der Waals surface area contributed by atoms with E-state index >= 15 is 0 Å². The summed E-state index contributed by atoms with van der Waals surface area (Å²) < 4.78 is 0. The van der Waals surface area contributed by atoms with E-state index in [1.54, 1.807) is 11.8 Å². The Hall–Kier alpha value is -1.50. The van der Waals surface area contributed by atoms with Gasteiger partial charge in [0, 0.05) is 17.9 Å². The molecule has 0 amide bonds. The first-order valence-corrected chi connectivity index (χ1v) is 6.10. The molecule has 1 atom stereocenters. The van der Waals surface area contributed by atoms with Crippen LogP contribution in [0.2, 0.25) is 0 Å². The van der Waals surface area contributed by atoms with Crippen LogP contribution in [-0.4, -0.2) is 28.0 Å². The summed E-state index contributed by atoms with van der Waals surface area (Å²) in [5.74, 6) is 1.34. The molecule has 0 saturated carbocycles. The van der Waals surface area contributed by atoms with E-state index in [2.05, 4.69) is 10.3 Å². The van der Waals surface area contributed by atoms with Gasteiger partial charge in [0.25, 0.3) is 0 Å². The molecule has 0 bridgehead atoms. The molecular formula is C9H14N4O2S. The van der Waals surface area contributed by atoms with Gasteiger partial charge in [-0.3, -0.25) is 10.1 Å². The molecule has 16 heavy (non-hydrogen) atoms. The van der Waals surface area contributed by atoms with Gasteiger partial charge in [0.15, 0.2) is 0 Å². The number of nitrogens with one attached hydrogen (secondary N) is 1. The zero-order valence-electron chi connectivity index (χ0n) is 9.14. The van der Waals surface area contributed by atoms with Gasteiger partial charge in [-0.05, 0) is 19.2 Å². The number of anilines is 2. The maximum absolute atomic E-state index is 10.8. The molecule has 1 aromatic rings. The number of pyridine rings is 1. The number of hydrogen-bond acceptors (Lipinski definition) is 6. The Labute approximate surface area is 97.8 Å². The first-order valence-electron chi connectivity index (χ1n) is 4.71. The van der Waals surface area contributed by atoms with E-state index in [0.29, 0.717) is 0 Å². The molecule has 88 valence electrons. The third-order valence-corrected chi connectivity index (χ3v) is 2.73. The van der Waals surface area contributed by atoms with Crippen molar-refractivity contribution in [3.05, 3.63) is 22.2 Å². The molecule has 1 heterocycles. The summed E-state index contributed by atoms with van der Waals surface area (Å²) in [7, 11) is 0. The molecule has 0 aliphatic heterocycles. The molecule has 1 rings (SSSR count). The van der Waals surface area contributed by atoms with Crippen LogP contribution in [0.1, 0.15) is 6.92 Å². The molecule has 0 aliphatic rings. The molecule has 0 spiro atoms. The third-order valence-electron chi connectivity index (χ3n) is 1.89. The SMILES string of the molecule is CSCC(C)Nc1nc(N)ccc1[N+](=O)[O-]. The van der Waals surface area contributed by atoms with Gasteiger partial charge < -0.3 is 11.1 Å². The summed E-state index contributed by atoms with van der Waals surface area (Å²) in [6.45, 7) is 1.94.